The Morgan fingerprint density at radius 2 is 2.23 bits per heavy atom. The third-order valence-electron chi connectivity index (χ3n) is 4.87. The number of aliphatic hydroxyl groups excluding tert-OH is 2. The summed E-state index contributed by atoms with van der Waals surface area (Å²) in [5, 5.41) is 25.1. The van der Waals surface area contributed by atoms with Gasteiger partial charge >= 0.3 is 0 Å². The Bertz CT molecular complexity index is 935. The van der Waals surface area contributed by atoms with Gasteiger partial charge in [-0.3, -0.25) is 9.79 Å². The van der Waals surface area contributed by atoms with Crippen LogP contribution in [0.1, 0.15) is 51.8 Å². The molecule has 1 fully saturated rings. The highest BCUT2D eigenvalue weighted by Crippen LogP contribution is 2.31. The molecule has 1 atom stereocenters. The molecule has 10 heteroatoms. The number of hydrogen-bond donors (Lipinski definition) is 3. The fourth-order valence-corrected chi connectivity index (χ4v) is 4.83. The Hall–Kier alpha value is -2.27. The Kier molecular flexibility index (Phi) is 8.19. The highest BCUT2D eigenvalue weighted by molar-refractivity contribution is 8.02. The first-order valence-electron chi connectivity index (χ1n) is 10.0. The van der Waals surface area contributed by atoms with Crippen LogP contribution in [-0.2, 0) is 0 Å². The molecule has 0 spiro atoms. The van der Waals surface area contributed by atoms with E-state index >= 15 is 0 Å². The number of nitrogens with one attached hydrogen (secondary N) is 1. The van der Waals surface area contributed by atoms with Gasteiger partial charge in [0.05, 0.1) is 33.8 Å². The van der Waals surface area contributed by atoms with Crippen LogP contribution in [0.15, 0.2) is 28.7 Å². The zero-order valence-electron chi connectivity index (χ0n) is 17.6. The first-order chi connectivity index (χ1) is 14.9. The number of aryl methyl sites for hydroxylation is 1. The van der Waals surface area contributed by atoms with Gasteiger partial charge in [-0.1, -0.05) is 0 Å². The summed E-state index contributed by atoms with van der Waals surface area (Å²) in [6.45, 7) is 8.36. The lowest BCUT2D eigenvalue weighted by atomic mass is 10.1. The van der Waals surface area contributed by atoms with Gasteiger partial charge in [0.15, 0.2) is 0 Å². The molecule has 2 aromatic rings. The first-order valence-corrected chi connectivity index (χ1v) is 11.9. The fourth-order valence-electron chi connectivity index (χ4n) is 3.11. The molecule has 1 saturated heterocycles. The number of anilines is 1. The minimum atomic E-state index is -0.611. The second-order valence-corrected chi connectivity index (χ2v) is 9.14. The molecule has 0 saturated carbocycles. The van der Waals surface area contributed by atoms with Crippen LogP contribution in [0.25, 0.3) is 5.70 Å². The number of piperidine rings is 1. The quantitative estimate of drug-likeness (QED) is 0.314. The Balaban J connectivity index is 1.53. The number of aliphatic hydroxyl groups is 2. The van der Waals surface area contributed by atoms with E-state index in [-0.39, 0.29) is 12.0 Å². The lowest BCUT2D eigenvalue weighted by Gasteiger charge is -2.29. The highest BCUT2D eigenvalue weighted by atomic mass is 32.2. The normalized spacial score (nSPS) is 16.3. The van der Waals surface area contributed by atoms with Crippen molar-refractivity contribution in [1.29, 1.82) is 0 Å². The van der Waals surface area contributed by atoms with Gasteiger partial charge in [-0.2, -0.15) is 0 Å². The van der Waals surface area contributed by atoms with Gasteiger partial charge in [-0.05, 0) is 50.9 Å². The van der Waals surface area contributed by atoms with E-state index < -0.39 is 6.10 Å². The molecule has 8 nitrogen and oxygen atoms in total. The first kappa shape index (κ1) is 23.4. The predicted octanol–water partition coefficient (Wildman–Crippen LogP) is 3.30. The Labute approximate surface area is 190 Å². The summed E-state index contributed by atoms with van der Waals surface area (Å²) in [7, 11) is 0. The van der Waals surface area contributed by atoms with Gasteiger partial charge in [0.1, 0.15) is 16.9 Å². The second kappa shape index (κ2) is 10.9. The van der Waals surface area contributed by atoms with Crippen LogP contribution in [0.3, 0.4) is 0 Å². The van der Waals surface area contributed by atoms with Crippen LogP contribution in [-0.4, -0.2) is 62.8 Å². The third-order valence-corrected chi connectivity index (χ3v) is 6.92. The number of carbonyl (C=O) groups is 1. The molecule has 3 rings (SSSR count). The number of carbonyl (C=O) groups excluding carboxylic acids is 1. The number of aliphatic imine (C=N–C) groups is 1. The number of likely N-dealkylation sites (tertiary alicyclic amines) is 1. The van der Waals surface area contributed by atoms with E-state index in [9.17, 15) is 15.0 Å². The summed E-state index contributed by atoms with van der Waals surface area (Å²) >= 11 is 2.92. The molecule has 2 aromatic heterocycles. The maximum absolute atomic E-state index is 12.5. The fraction of sp³-hybridized carbons (Fsp3) is 0.429. The van der Waals surface area contributed by atoms with Gasteiger partial charge in [0, 0.05) is 19.3 Å². The van der Waals surface area contributed by atoms with Crippen LogP contribution in [0, 0.1) is 6.92 Å². The van der Waals surface area contributed by atoms with E-state index in [1.165, 1.54) is 23.1 Å². The summed E-state index contributed by atoms with van der Waals surface area (Å²) < 4.78 is 0. The van der Waals surface area contributed by atoms with Gasteiger partial charge in [-0.25, -0.2) is 9.97 Å². The number of thiazole rings is 1. The maximum Gasteiger partial charge on any atom is 0.255 e. The number of nitrogens with zero attached hydrogens (tertiary/aromatic N) is 4. The van der Waals surface area contributed by atoms with Gasteiger partial charge in [0.2, 0.25) is 0 Å². The van der Waals surface area contributed by atoms with Crippen molar-refractivity contribution in [3.63, 3.8) is 0 Å². The van der Waals surface area contributed by atoms with Crippen LogP contribution in [0.2, 0.25) is 0 Å². The lowest BCUT2D eigenvalue weighted by Crippen LogP contribution is -2.40. The zero-order valence-corrected chi connectivity index (χ0v) is 19.2. The number of aromatic nitrogens is 2. The van der Waals surface area contributed by atoms with Crippen molar-refractivity contribution in [2.75, 3.05) is 24.3 Å². The van der Waals surface area contributed by atoms with E-state index in [1.807, 2.05) is 12.3 Å². The van der Waals surface area contributed by atoms with Crippen LogP contribution < -0.4 is 5.32 Å². The number of amides is 1. The molecule has 0 aromatic carbocycles. The third kappa shape index (κ3) is 6.13. The van der Waals surface area contributed by atoms with E-state index in [4.69, 9.17) is 0 Å². The van der Waals surface area contributed by atoms with Crippen LogP contribution in [0.4, 0.5) is 5.82 Å². The van der Waals surface area contributed by atoms with Gasteiger partial charge in [-0.15, -0.1) is 23.1 Å². The van der Waals surface area contributed by atoms with E-state index in [0.29, 0.717) is 53.9 Å². The molecule has 1 aliphatic heterocycles. The van der Waals surface area contributed by atoms with E-state index in [0.717, 1.165) is 10.6 Å². The zero-order chi connectivity index (χ0) is 22.4. The summed E-state index contributed by atoms with van der Waals surface area (Å²) in [6.07, 6.45) is 1.89. The highest BCUT2D eigenvalue weighted by Gasteiger charge is 2.22. The monoisotopic (exact) mass is 461 g/mol. The maximum atomic E-state index is 12.5. The van der Waals surface area contributed by atoms with E-state index in [1.54, 1.807) is 30.2 Å². The van der Waals surface area contributed by atoms with E-state index in [2.05, 4.69) is 27.0 Å². The van der Waals surface area contributed by atoms with Gasteiger partial charge < -0.3 is 20.4 Å². The molecule has 0 aliphatic carbocycles. The molecule has 3 heterocycles. The molecule has 31 heavy (non-hydrogen) atoms. The summed E-state index contributed by atoms with van der Waals surface area (Å²) in [5.41, 5.74) is 2.08. The number of thioether (sulfide) groups is 1. The minimum absolute atomic E-state index is 0.0542. The van der Waals surface area contributed by atoms with Crippen molar-refractivity contribution in [2.45, 2.75) is 38.9 Å². The average molecular weight is 462 g/mol. The number of hydrogen-bond acceptors (Lipinski definition) is 9. The molecular formula is C21H27N5O3S2. The minimum Gasteiger partial charge on any atom is -0.393 e. The standard InChI is InChI=1S/C21H27N5O3S2/c1-13-19(31-20(25-13)14(2)27)17(22-3)11-30-12-24-18-5-4-15(10-23-18)21(29)26-8-6-16(28)7-9-26/h4-5,10-11,14,16,27-28H,3,6-9,12H2,1-2H3,(H,23,24)/b17-11-. The second-order valence-electron chi connectivity index (χ2n) is 7.25. The topological polar surface area (TPSA) is 111 Å². The molecule has 166 valence electrons. The number of rotatable bonds is 8. The molecule has 1 amide bonds. The predicted molar refractivity (Wildman–Crippen MR) is 126 cm³/mol. The van der Waals surface area contributed by atoms with Gasteiger partial charge in [0.25, 0.3) is 5.91 Å². The molecule has 3 N–H and O–H groups in total. The van der Waals surface area contributed by atoms with Crippen molar-refractivity contribution >= 4 is 47.2 Å². The largest absolute Gasteiger partial charge is 0.393 e. The summed E-state index contributed by atoms with van der Waals surface area (Å²) in [6, 6.07) is 3.55. The molecular weight excluding hydrogens is 434 g/mol. The average Bonchev–Trinajstić information content (AvgIpc) is 3.16. The Morgan fingerprint density at radius 1 is 1.48 bits per heavy atom. The van der Waals surface area contributed by atoms with Crippen molar-refractivity contribution in [3.8, 4) is 0 Å². The van der Waals surface area contributed by atoms with Crippen LogP contribution >= 0.6 is 23.1 Å². The van der Waals surface area contributed by atoms with Crippen molar-refractivity contribution in [1.82, 2.24) is 14.9 Å². The molecule has 0 bridgehead atoms. The molecule has 1 unspecified atom stereocenters. The van der Waals surface area contributed by atoms with Crippen molar-refractivity contribution in [3.05, 3.63) is 44.9 Å². The van der Waals surface area contributed by atoms with Crippen molar-refractivity contribution in [2.24, 2.45) is 4.99 Å². The molecule has 0 radical (unpaired) electrons. The SMILES string of the molecule is C=N/C(=C\SCNc1ccc(C(=O)N2CCC(O)CC2)cn1)c1sc(C(C)O)nc1C. The summed E-state index contributed by atoms with van der Waals surface area (Å²) in [5.74, 6) is 1.18. The number of pyridine rings is 1. The van der Waals surface area contributed by atoms with Crippen molar-refractivity contribution < 1.29 is 15.0 Å². The van der Waals surface area contributed by atoms with Crippen LogP contribution in [0.5, 0.6) is 0 Å². The summed E-state index contributed by atoms with van der Waals surface area (Å²) in [4.78, 5) is 28.0. The lowest BCUT2D eigenvalue weighted by molar-refractivity contribution is 0.0546. The smallest absolute Gasteiger partial charge is 0.255 e. The Morgan fingerprint density at radius 3 is 2.81 bits per heavy atom. The molecule has 1 aliphatic rings.